The highest BCUT2D eigenvalue weighted by Crippen LogP contribution is 2.47. The third kappa shape index (κ3) is 2.05. The maximum absolute atomic E-state index is 9.11. The quantitative estimate of drug-likeness (QED) is 0.592. The first-order chi connectivity index (χ1) is 8.02. The number of aliphatic hydroxyl groups is 1. The maximum Gasteiger partial charge on any atom is 0.163 e. The van der Waals surface area contributed by atoms with Crippen molar-refractivity contribution in [2.24, 2.45) is 11.8 Å². The number of nitrogens with zero attached hydrogens (tertiary/aromatic N) is 1. The lowest BCUT2D eigenvalue weighted by atomic mass is 9.96. The second kappa shape index (κ2) is 4.32. The highest BCUT2D eigenvalue weighted by Gasteiger charge is 2.54. The molecule has 1 aliphatic heterocycles. The molecule has 0 aromatic heterocycles. The van der Waals surface area contributed by atoms with Crippen LogP contribution in [-0.4, -0.2) is 23.1 Å². The van der Waals surface area contributed by atoms with Crippen molar-refractivity contribution >= 4 is 0 Å². The molecule has 1 unspecified atom stereocenters. The number of fused-ring (bicyclic) bond motifs is 1. The first-order valence-corrected chi connectivity index (χ1v) is 6.12. The standard InChI is InChI=1S/C13H19NO3/c1-4-8-5-10(9(6-14)7-15)12-11(8)16-13(2,3)17-12/h7-8,10-12,15H,4-5H2,1-3H3/b9-7+/t8-,10?,11+,12-/m0/s1. The lowest BCUT2D eigenvalue weighted by molar-refractivity contribution is -0.159. The summed E-state index contributed by atoms with van der Waals surface area (Å²) in [5, 5.41) is 18.1. The van der Waals surface area contributed by atoms with Gasteiger partial charge in [0.25, 0.3) is 0 Å². The number of hydrogen-bond acceptors (Lipinski definition) is 4. The third-order valence-corrected chi connectivity index (χ3v) is 3.77. The van der Waals surface area contributed by atoms with Gasteiger partial charge < -0.3 is 14.6 Å². The molecule has 0 bridgehead atoms. The van der Waals surface area contributed by atoms with E-state index >= 15 is 0 Å². The molecule has 2 fully saturated rings. The molecule has 2 rings (SSSR count). The fourth-order valence-electron chi connectivity index (χ4n) is 3.00. The van der Waals surface area contributed by atoms with Gasteiger partial charge in [-0.15, -0.1) is 0 Å². The Morgan fingerprint density at radius 3 is 2.65 bits per heavy atom. The molecule has 0 spiro atoms. The largest absolute Gasteiger partial charge is 0.515 e. The molecule has 0 amide bonds. The molecular weight excluding hydrogens is 218 g/mol. The molecule has 17 heavy (non-hydrogen) atoms. The van der Waals surface area contributed by atoms with E-state index in [0.717, 1.165) is 19.1 Å². The maximum atomic E-state index is 9.11. The van der Waals surface area contributed by atoms with Crippen molar-refractivity contribution < 1.29 is 14.6 Å². The molecule has 0 aromatic rings. The second-order valence-electron chi connectivity index (χ2n) is 5.27. The van der Waals surface area contributed by atoms with Crippen LogP contribution in [-0.2, 0) is 9.47 Å². The van der Waals surface area contributed by atoms with Crippen molar-refractivity contribution in [3.63, 3.8) is 0 Å². The first kappa shape index (κ1) is 12.4. The summed E-state index contributed by atoms with van der Waals surface area (Å²) in [6.45, 7) is 5.90. The highest BCUT2D eigenvalue weighted by atomic mass is 16.8. The Morgan fingerprint density at radius 1 is 1.47 bits per heavy atom. The molecule has 0 aromatic carbocycles. The molecule has 1 aliphatic carbocycles. The van der Waals surface area contributed by atoms with Gasteiger partial charge in [0.05, 0.1) is 30.1 Å². The van der Waals surface area contributed by atoms with Crippen LogP contribution in [0.1, 0.15) is 33.6 Å². The van der Waals surface area contributed by atoms with E-state index in [1.807, 2.05) is 13.8 Å². The van der Waals surface area contributed by atoms with Crippen LogP contribution in [0.4, 0.5) is 0 Å². The van der Waals surface area contributed by atoms with Crippen molar-refractivity contribution in [2.75, 3.05) is 0 Å². The summed E-state index contributed by atoms with van der Waals surface area (Å²) in [7, 11) is 0. The van der Waals surface area contributed by atoms with Gasteiger partial charge >= 0.3 is 0 Å². The van der Waals surface area contributed by atoms with Crippen LogP contribution in [0.2, 0.25) is 0 Å². The Morgan fingerprint density at radius 2 is 2.12 bits per heavy atom. The van der Waals surface area contributed by atoms with E-state index in [1.165, 1.54) is 0 Å². The van der Waals surface area contributed by atoms with E-state index in [1.54, 1.807) is 0 Å². The topological polar surface area (TPSA) is 62.5 Å². The zero-order valence-corrected chi connectivity index (χ0v) is 10.5. The van der Waals surface area contributed by atoms with Crippen LogP contribution < -0.4 is 0 Å². The minimum absolute atomic E-state index is 0.0401. The van der Waals surface area contributed by atoms with Gasteiger partial charge in [-0.3, -0.25) is 0 Å². The van der Waals surface area contributed by atoms with Crippen molar-refractivity contribution in [3.05, 3.63) is 11.8 Å². The molecule has 2 aliphatic rings. The number of nitriles is 1. The Bertz CT molecular complexity index is 369. The summed E-state index contributed by atoms with van der Waals surface area (Å²) in [5.74, 6) is -0.228. The molecule has 4 nitrogen and oxygen atoms in total. The lowest BCUT2D eigenvalue weighted by Gasteiger charge is -2.22. The normalized spacial score (nSPS) is 40.0. The Labute approximate surface area is 102 Å². The van der Waals surface area contributed by atoms with Crippen LogP contribution in [0.5, 0.6) is 0 Å². The molecule has 1 saturated carbocycles. The van der Waals surface area contributed by atoms with Gasteiger partial charge in [0, 0.05) is 5.92 Å². The van der Waals surface area contributed by atoms with Gasteiger partial charge in [0.15, 0.2) is 5.79 Å². The zero-order chi connectivity index (χ0) is 12.6. The Balaban J connectivity index is 2.25. The summed E-state index contributed by atoms with van der Waals surface area (Å²) in [4.78, 5) is 0. The molecular formula is C13H19NO3. The van der Waals surface area contributed by atoms with Crippen LogP contribution in [0.3, 0.4) is 0 Å². The Kier molecular flexibility index (Phi) is 3.15. The summed E-state index contributed by atoms with van der Waals surface area (Å²) in [6, 6.07) is 2.05. The lowest BCUT2D eigenvalue weighted by Crippen LogP contribution is -2.26. The summed E-state index contributed by atoms with van der Waals surface area (Å²) in [5.41, 5.74) is 0.400. The number of rotatable bonds is 2. The second-order valence-corrected chi connectivity index (χ2v) is 5.27. The first-order valence-electron chi connectivity index (χ1n) is 6.12. The summed E-state index contributed by atoms with van der Waals surface area (Å²) < 4.78 is 11.8. The van der Waals surface area contributed by atoms with E-state index in [-0.39, 0.29) is 18.1 Å². The molecule has 1 N–H and O–H groups in total. The van der Waals surface area contributed by atoms with Gasteiger partial charge in [-0.25, -0.2) is 0 Å². The predicted octanol–water partition coefficient (Wildman–Crippen LogP) is 2.52. The average Bonchev–Trinajstić information content (AvgIpc) is 2.75. The van der Waals surface area contributed by atoms with Gasteiger partial charge in [-0.05, 0) is 26.2 Å². The molecule has 4 atom stereocenters. The molecule has 1 heterocycles. The SMILES string of the molecule is CC[C@H]1CC(/C(C#N)=C/O)[C@@H]2OC(C)(C)O[C@H]12. The van der Waals surface area contributed by atoms with Crippen LogP contribution >= 0.6 is 0 Å². The average molecular weight is 237 g/mol. The number of ether oxygens (including phenoxy) is 2. The molecule has 4 heteroatoms. The molecule has 0 radical (unpaired) electrons. The van der Waals surface area contributed by atoms with Crippen molar-refractivity contribution in [2.45, 2.75) is 51.6 Å². The van der Waals surface area contributed by atoms with Crippen LogP contribution in [0, 0.1) is 23.2 Å². The Hall–Kier alpha value is -1.05. The zero-order valence-electron chi connectivity index (χ0n) is 10.5. The van der Waals surface area contributed by atoms with Gasteiger partial charge in [0.2, 0.25) is 0 Å². The van der Waals surface area contributed by atoms with E-state index in [4.69, 9.17) is 19.8 Å². The van der Waals surface area contributed by atoms with Gasteiger partial charge in [0.1, 0.15) is 0 Å². The van der Waals surface area contributed by atoms with E-state index in [2.05, 4.69) is 13.0 Å². The van der Waals surface area contributed by atoms with E-state index in [0.29, 0.717) is 11.5 Å². The number of hydrogen-bond donors (Lipinski definition) is 1. The van der Waals surface area contributed by atoms with Gasteiger partial charge in [-0.2, -0.15) is 5.26 Å². The van der Waals surface area contributed by atoms with Crippen molar-refractivity contribution in [1.82, 2.24) is 0 Å². The summed E-state index contributed by atoms with van der Waals surface area (Å²) in [6.07, 6.45) is 2.70. The van der Waals surface area contributed by atoms with E-state index < -0.39 is 5.79 Å². The van der Waals surface area contributed by atoms with Crippen LogP contribution in [0.15, 0.2) is 11.8 Å². The monoisotopic (exact) mass is 237 g/mol. The number of aliphatic hydroxyl groups excluding tert-OH is 1. The third-order valence-electron chi connectivity index (χ3n) is 3.77. The van der Waals surface area contributed by atoms with Crippen molar-refractivity contribution in [3.8, 4) is 6.07 Å². The fraction of sp³-hybridized carbons (Fsp3) is 0.769. The molecule has 94 valence electrons. The van der Waals surface area contributed by atoms with E-state index in [9.17, 15) is 0 Å². The van der Waals surface area contributed by atoms with Crippen LogP contribution in [0.25, 0.3) is 0 Å². The minimum atomic E-state index is -0.586. The van der Waals surface area contributed by atoms with Gasteiger partial charge in [-0.1, -0.05) is 13.3 Å². The van der Waals surface area contributed by atoms with Crippen molar-refractivity contribution in [1.29, 1.82) is 5.26 Å². The molecule has 1 saturated heterocycles. The minimum Gasteiger partial charge on any atom is -0.515 e. The predicted molar refractivity (Wildman–Crippen MR) is 62.0 cm³/mol. The highest BCUT2D eigenvalue weighted by molar-refractivity contribution is 5.26. The summed E-state index contributed by atoms with van der Waals surface area (Å²) >= 11 is 0. The smallest absolute Gasteiger partial charge is 0.163 e. The fourth-order valence-corrected chi connectivity index (χ4v) is 3.00.